The number of hydrogen-bond donors (Lipinski definition) is 1. The standard InChI is InChI=1S/C17H24N4O4/c1-11(2)21-9-12(8-18-21)16(24)20(3)10-17(6-7-17)19-15(23)13-4-5-14(22)25-13/h8-9,11,13H,4-7,10H2,1-3H3,(H,19,23). The maximum Gasteiger partial charge on any atom is 0.306 e. The van der Waals surface area contributed by atoms with Crippen molar-refractivity contribution in [2.75, 3.05) is 13.6 Å². The summed E-state index contributed by atoms with van der Waals surface area (Å²) in [5.74, 6) is -0.726. The summed E-state index contributed by atoms with van der Waals surface area (Å²) >= 11 is 0. The minimum atomic E-state index is -0.699. The fraction of sp³-hybridized carbons (Fsp3) is 0.647. The Hall–Kier alpha value is -2.38. The third-order valence-electron chi connectivity index (χ3n) is 4.68. The zero-order valence-electron chi connectivity index (χ0n) is 14.8. The summed E-state index contributed by atoms with van der Waals surface area (Å²) < 4.78 is 6.74. The number of aromatic nitrogens is 2. The van der Waals surface area contributed by atoms with Crippen LogP contribution >= 0.6 is 0 Å². The average molecular weight is 348 g/mol. The summed E-state index contributed by atoms with van der Waals surface area (Å²) in [4.78, 5) is 37.6. The minimum absolute atomic E-state index is 0.125. The maximum absolute atomic E-state index is 12.6. The van der Waals surface area contributed by atoms with Crippen LogP contribution in [0.15, 0.2) is 12.4 Å². The molecule has 2 fully saturated rings. The van der Waals surface area contributed by atoms with E-state index >= 15 is 0 Å². The molecular formula is C17H24N4O4. The van der Waals surface area contributed by atoms with Crippen molar-refractivity contribution in [2.24, 2.45) is 0 Å². The first-order chi connectivity index (χ1) is 11.8. The monoisotopic (exact) mass is 348 g/mol. The second-order valence-corrected chi connectivity index (χ2v) is 7.25. The van der Waals surface area contributed by atoms with Crippen LogP contribution in [-0.2, 0) is 14.3 Å². The highest BCUT2D eigenvalue weighted by atomic mass is 16.6. The topological polar surface area (TPSA) is 93.5 Å². The normalized spacial score (nSPS) is 21.1. The van der Waals surface area contributed by atoms with Gasteiger partial charge >= 0.3 is 5.97 Å². The van der Waals surface area contributed by atoms with Crippen LogP contribution in [0.1, 0.15) is 55.9 Å². The summed E-state index contributed by atoms with van der Waals surface area (Å²) in [6, 6.07) is 0.190. The van der Waals surface area contributed by atoms with Gasteiger partial charge in [0.25, 0.3) is 11.8 Å². The van der Waals surface area contributed by atoms with Crippen molar-refractivity contribution in [2.45, 2.75) is 57.2 Å². The molecule has 0 spiro atoms. The molecule has 1 aliphatic carbocycles. The number of ether oxygens (including phenoxy) is 1. The second-order valence-electron chi connectivity index (χ2n) is 7.25. The van der Waals surface area contributed by atoms with Crippen LogP contribution in [0, 0.1) is 0 Å². The molecule has 3 rings (SSSR count). The van der Waals surface area contributed by atoms with Crippen molar-refractivity contribution in [3.63, 3.8) is 0 Å². The van der Waals surface area contributed by atoms with Crippen LogP contribution in [0.25, 0.3) is 0 Å². The van der Waals surface area contributed by atoms with Crippen LogP contribution in [0.3, 0.4) is 0 Å². The van der Waals surface area contributed by atoms with Gasteiger partial charge in [0.05, 0.1) is 17.3 Å². The van der Waals surface area contributed by atoms with Gasteiger partial charge in [-0.2, -0.15) is 5.10 Å². The highest BCUT2D eigenvalue weighted by Crippen LogP contribution is 2.36. The molecule has 0 radical (unpaired) electrons. The highest BCUT2D eigenvalue weighted by molar-refractivity contribution is 5.93. The van der Waals surface area contributed by atoms with Gasteiger partial charge in [-0.3, -0.25) is 19.1 Å². The fourth-order valence-corrected chi connectivity index (χ4v) is 3.00. The lowest BCUT2D eigenvalue weighted by atomic mass is 10.2. The molecule has 1 unspecified atom stereocenters. The number of likely N-dealkylation sites (N-methyl/N-ethyl adjacent to an activating group) is 1. The van der Waals surface area contributed by atoms with Gasteiger partial charge in [-0.1, -0.05) is 0 Å². The molecule has 1 saturated heterocycles. The van der Waals surface area contributed by atoms with E-state index in [-0.39, 0.29) is 30.2 Å². The fourth-order valence-electron chi connectivity index (χ4n) is 3.00. The van der Waals surface area contributed by atoms with E-state index in [0.29, 0.717) is 18.5 Å². The van der Waals surface area contributed by atoms with E-state index in [0.717, 1.165) is 12.8 Å². The molecule has 2 heterocycles. The van der Waals surface area contributed by atoms with Gasteiger partial charge in [0.1, 0.15) is 0 Å². The van der Waals surface area contributed by atoms with Gasteiger partial charge in [0.2, 0.25) is 0 Å². The largest absolute Gasteiger partial charge is 0.452 e. The molecule has 8 nitrogen and oxygen atoms in total. The van der Waals surface area contributed by atoms with Crippen molar-refractivity contribution in [3.05, 3.63) is 18.0 Å². The van der Waals surface area contributed by atoms with Gasteiger partial charge in [-0.05, 0) is 26.7 Å². The Morgan fingerprint density at radius 3 is 2.72 bits per heavy atom. The molecule has 2 aliphatic rings. The first-order valence-electron chi connectivity index (χ1n) is 8.61. The number of amides is 2. The Labute approximate surface area is 146 Å². The third-order valence-corrected chi connectivity index (χ3v) is 4.68. The molecule has 1 aromatic heterocycles. The van der Waals surface area contributed by atoms with Gasteiger partial charge in [0.15, 0.2) is 6.10 Å². The van der Waals surface area contributed by atoms with E-state index < -0.39 is 11.6 Å². The molecule has 2 amide bonds. The summed E-state index contributed by atoms with van der Waals surface area (Å²) in [5.41, 5.74) is 0.118. The van der Waals surface area contributed by atoms with E-state index in [1.165, 1.54) is 0 Å². The van der Waals surface area contributed by atoms with Gasteiger partial charge in [-0.25, -0.2) is 0 Å². The van der Waals surface area contributed by atoms with Gasteiger partial charge in [0, 0.05) is 38.7 Å². The molecule has 1 aliphatic heterocycles. The SMILES string of the molecule is CC(C)n1cc(C(=O)N(C)CC2(NC(=O)C3CCC(=O)O3)CC2)cn1. The van der Waals surface area contributed by atoms with Crippen LogP contribution in [0.5, 0.6) is 0 Å². The molecule has 136 valence electrons. The van der Waals surface area contributed by atoms with Crippen LogP contribution in [0.2, 0.25) is 0 Å². The number of carbonyl (C=O) groups is 3. The van der Waals surface area contributed by atoms with Crippen LogP contribution < -0.4 is 5.32 Å². The molecule has 25 heavy (non-hydrogen) atoms. The molecular weight excluding hydrogens is 324 g/mol. The zero-order valence-corrected chi connectivity index (χ0v) is 14.8. The number of hydrogen-bond acceptors (Lipinski definition) is 5. The predicted octanol–water partition coefficient (Wildman–Crippen LogP) is 0.890. The minimum Gasteiger partial charge on any atom is -0.452 e. The number of carbonyl (C=O) groups excluding carboxylic acids is 3. The first kappa shape index (κ1) is 17.4. The molecule has 1 atom stereocenters. The van der Waals surface area contributed by atoms with Crippen molar-refractivity contribution in [1.29, 1.82) is 0 Å². The number of rotatable bonds is 6. The second kappa shape index (κ2) is 6.50. The Bertz CT molecular complexity index is 693. The molecule has 8 heteroatoms. The Balaban J connectivity index is 1.57. The number of cyclic esters (lactones) is 1. The number of esters is 1. The molecule has 0 aromatic carbocycles. The van der Waals surface area contributed by atoms with Gasteiger partial charge < -0.3 is 15.0 Å². The quantitative estimate of drug-likeness (QED) is 0.771. The zero-order chi connectivity index (χ0) is 18.2. The molecule has 1 saturated carbocycles. The van der Waals surface area contributed by atoms with E-state index in [4.69, 9.17) is 4.74 Å². The summed E-state index contributed by atoms with van der Waals surface area (Å²) in [5, 5.41) is 7.15. The van der Waals surface area contributed by atoms with E-state index in [1.54, 1.807) is 29.0 Å². The number of nitrogens with one attached hydrogen (secondary N) is 1. The summed E-state index contributed by atoms with van der Waals surface area (Å²) in [6.45, 7) is 4.41. The molecule has 1 N–H and O–H groups in total. The molecule has 1 aromatic rings. The predicted molar refractivity (Wildman–Crippen MR) is 88.8 cm³/mol. The van der Waals surface area contributed by atoms with Crippen LogP contribution in [-0.4, -0.2) is 57.7 Å². The maximum atomic E-state index is 12.6. The smallest absolute Gasteiger partial charge is 0.306 e. The lowest BCUT2D eigenvalue weighted by Crippen LogP contribution is -2.49. The highest BCUT2D eigenvalue weighted by Gasteiger charge is 2.47. The van der Waals surface area contributed by atoms with Crippen molar-refractivity contribution >= 4 is 17.8 Å². The van der Waals surface area contributed by atoms with E-state index in [1.807, 2.05) is 13.8 Å². The summed E-state index contributed by atoms with van der Waals surface area (Å²) in [6.07, 6.45) is 4.92. The first-order valence-corrected chi connectivity index (χ1v) is 8.61. The average Bonchev–Trinajstić information content (AvgIpc) is 2.99. The Morgan fingerprint density at radius 2 is 2.20 bits per heavy atom. The number of nitrogens with zero attached hydrogens (tertiary/aromatic N) is 3. The van der Waals surface area contributed by atoms with Crippen LogP contribution in [0.4, 0.5) is 0 Å². The Morgan fingerprint density at radius 1 is 1.48 bits per heavy atom. The Kier molecular flexibility index (Phi) is 4.53. The molecule has 0 bridgehead atoms. The van der Waals surface area contributed by atoms with Crippen molar-refractivity contribution in [1.82, 2.24) is 20.0 Å². The summed E-state index contributed by atoms with van der Waals surface area (Å²) in [7, 11) is 1.72. The van der Waals surface area contributed by atoms with Crippen molar-refractivity contribution < 1.29 is 19.1 Å². The van der Waals surface area contributed by atoms with Crippen molar-refractivity contribution in [3.8, 4) is 0 Å². The van der Waals surface area contributed by atoms with E-state index in [9.17, 15) is 14.4 Å². The third kappa shape index (κ3) is 3.83. The van der Waals surface area contributed by atoms with E-state index in [2.05, 4.69) is 10.4 Å². The lowest BCUT2D eigenvalue weighted by molar-refractivity contribution is -0.148. The lowest BCUT2D eigenvalue weighted by Gasteiger charge is -2.25. The van der Waals surface area contributed by atoms with Gasteiger partial charge in [-0.15, -0.1) is 0 Å².